The predicted octanol–water partition coefficient (Wildman–Crippen LogP) is 1.94. The first-order valence-electron chi connectivity index (χ1n) is 5.60. The third kappa shape index (κ3) is 2.23. The van der Waals surface area contributed by atoms with E-state index in [1.807, 2.05) is 7.11 Å². The molecule has 0 aliphatic heterocycles. The highest BCUT2D eigenvalue weighted by Gasteiger charge is 2.33. The summed E-state index contributed by atoms with van der Waals surface area (Å²) < 4.78 is 5.46. The summed E-state index contributed by atoms with van der Waals surface area (Å²) in [5.74, 6) is 0.957. The Kier molecular flexibility index (Phi) is 2.89. The molecule has 0 aromatic rings. The molecule has 2 rings (SSSR count). The lowest BCUT2D eigenvalue weighted by Gasteiger charge is -2.24. The van der Waals surface area contributed by atoms with Gasteiger partial charge in [-0.1, -0.05) is 0 Å². The van der Waals surface area contributed by atoms with Gasteiger partial charge in [-0.3, -0.25) is 0 Å². The Labute approximate surface area is 81.0 Å². The molecule has 13 heavy (non-hydrogen) atoms. The van der Waals surface area contributed by atoms with E-state index in [2.05, 4.69) is 12.2 Å². The number of ether oxygens (including phenoxy) is 1. The largest absolute Gasteiger partial charge is 0.380 e. The maximum absolute atomic E-state index is 5.46. The van der Waals surface area contributed by atoms with E-state index in [-0.39, 0.29) is 0 Å². The van der Waals surface area contributed by atoms with Crippen molar-refractivity contribution in [3.8, 4) is 0 Å². The highest BCUT2D eigenvalue weighted by atomic mass is 16.5. The van der Waals surface area contributed by atoms with Gasteiger partial charge in [0.15, 0.2) is 0 Å². The van der Waals surface area contributed by atoms with Crippen molar-refractivity contribution in [1.29, 1.82) is 0 Å². The van der Waals surface area contributed by atoms with Gasteiger partial charge in [0.25, 0.3) is 0 Å². The van der Waals surface area contributed by atoms with Crippen molar-refractivity contribution in [2.75, 3.05) is 7.11 Å². The van der Waals surface area contributed by atoms with Crippen LogP contribution in [-0.2, 0) is 4.74 Å². The molecule has 2 aliphatic rings. The molecule has 0 aromatic heterocycles. The van der Waals surface area contributed by atoms with Gasteiger partial charge in [-0.15, -0.1) is 0 Å². The summed E-state index contributed by atoms with van der Waals surface area (Å²) in [6.45, 7) is 2.32. The molecule has 1 N–H and O–H groups in total. The average Bonchev–Trinajstić information content (AvgIpc) is 2.88. The van der Waals surface area contributed by atoms with Gasteiger partial charge in [0, 0.05) is 19.2 Å². The molecular formula is C11H21NO. The van der Waals surface area contributed by atoms with Crippen molar-refractivity contribution in [2.24, 2.45) is 5.92 Å². The zero-order valence-corrected chi connectivity index (χ0v) is 8.75. The summed E-state index contributed by atoms with van der Waals surface area (Å²) in [5, 5.41) is 3.72. The van der Waals surface area contributed by atoms with Crippen LogP contribution in [0.2, 0.25) is 0 Å². The van der Waals surface area contributed by atoms with E-state index in [1.54, 1.807) is 0 Å². The molecule has 2 aliphatic carbocycles. The first-order valence-corrected chi connectivity index (χ1v) is 5.60. The Morgan fingerprint density at radius 2 is 2.00 bits per heavy atom. The molecule has 2 heteroatoms. The van der Waals surface area contributed by atoms with Gasteiger partial charge in [-0.2, -0.15) is 0 Å². The van der Waals surface area contributed by atoms with Crippen molar-refractivity contribution >= 4 is 0 Å². The van der Waals surface area contributed by atoms with Crippen LogP contribution in [0.4, 0.5) is 0 Å². The summed E-state index contributed by atoms with van der Waals surface area (Å²) in [4.78, 5) is 0. The lowest BCUT2D eigenvalue weighted by atomic mass is 10.1. The minimum absolute atomic E-state index is 0.473. The van der Waals surface area contributed by atoms with Crippen molar-refractivity contribution in [3.05, 3.63) is 0 Å². The smallest absolute Gasteiger partial charge is 0.0724 e. The maximum atomic E-state index is 5.46. The number of hydrogen-bond acceptors (Lipinski definition) is 2. The molecule has 3 unspecified atom stereocenters. The first-order chi connectivity index (χ1) is 6.31. The van der Waals surface area contributed by atoms with Crippen LogP contribution in [0.1, 0.15) is 39.0 Å². The second-order valence-corrected chi connectivity index (χ2v) is 4.60. The van der Waals surface area contributed by atoms with E-state index < -0.39 is 0 Å². The molecule has 2 saturated carbocycles. The summed E-state index contributed by atoms with van der Waals surface area (Å²) >= 11 is 0. The van der Waals surface area contributed by atoms with Gasteiger partial charge >= 0.3 is 0 Å². The molecular weight excluding hydrogens is 162 g/mol. The van der Waals surface area contributed by atoms with Crippen LogP contribution in [-0.4, -0.2) is 25.3 Å². The minimum Gasteiger partial charge on any atom is -0.380 e. The summed E-state index contributed by atoms with van der Waals surface area (Å²) in [6.07, 6.45) is 7.20. The van der Waals surface area contributed by atoms with Crippen molar-refractivity contribution < 1.29 is 4.74 Å². The fourth-order valence-electron chi connectivity index (χ4n) is 2.47. The minimum atomic E-state index is 0.473. The van der Waals surface area contributed by atoms with Gasteiger partial charge in [0.05, 0.1) is 6.10 Å². The van der Waals surface area contributed by atoms with Crippen molar-refractivity contribution in [2.45, 2.75) is 57.2 Å². The third-order valence-electron chi connectivity index (χ3n) is 3.56. The number of nitrogens with one attached hydrogen (secondary N) is 1. The second kappa shape index (κ2) is 3.97. The maximum Gasteiger partial charge on any atom is 0.0724 e. The van der Waals surface area contributed by atoms with Crippen LogP contribution >= 0.6 is 0 Å². The van der Waals surface area contributed by atoms with Gasteiger partial charge in [0.1, 0.15) is 0 Å². The molecule has 0 spiro atoms. The van der Waals surface area contributed by atoms with E-state index in [0.717, 1.165) is 5.92 Å². The topological polar surface area (TPSA) is 21.3 Å². The normalized spacial score (nSPS) is 36.5. The monoisotopic (exact) mass is 183 g/mol. The van der Waals surface area contributed by atoms with E-state index in [0.29, 0.717) is 18.2 Å². The summed E-state index contributed by atoms with van der Waals surface area (Å²) in [5.41, 5.74) is 0. The fraction of sp³-hybridized carbons (Fsp3) is 1.00. The molecule has 3 atom stereocenters. The number of methoxy groups -OCH3 is 1. The molecule has 2 nitrogen and oxygen atoms in total. The SMILES string of the molecule is COC1CCCC1NC(C)C1CC1. The van der Waals surface area contributed by atoms with Crippen molar-refractivity contribution in [1.82, 2.24) is 5.32 Å². The molecule has 0 bridgehead atoms. The fourth-order valence-corrected chi connectivity index (χ4v) is 2.47. The average molecular weight is 183 g/mol. The zero-order valence-electron chi connectivity index (χ0n) is 8.75. The van der Waals surface area contributed by atoms with Crippen LogP contribution in [0.5, 0.6) is 0 Å². The van der Waals surface area contributed by atoms with E-state index in [4.69, 9.17) is 4.74 Å². The van der Waals surface area contributed by atoms with Gasteiger partial charge in [-0.25, -0.2) is 0 Å². The highest BCUT2D eigenvalue weighted by Crippen LogP contribution is 2.33. The lowest BCUT2D eigenvalue weighted by molar-refractivity contribution is 0.0810. The summed E-state index contributed by atoms with van der Waals surface area (Å²) in [7, 11) is 1.84. The molecule has 76 valence electrons. The van der Waals surface area contributed by atoms with E-state index in [1.165, 1.54) is 32.1 Å². The highest BCUT2D eigenvalue weighted by molar-refractivity contribution is 4.90. The lowest BCUT2D eigenvalue weighted by Crippen LogP contribution is -2.42. The van der Waals surface area contributed by atoms with Crippen LogP contribution in [0, 0.1) is 5.92 Å². The predicted molar refractivity (Wildman–Crippen MR) is 53.8 cm³/mol. The Hall–Kier alpha value is -0.0800. The molecule has 0 amide bonds. The molecule has 0 saturated heterocycles. The van der Waals surface area contributed by atoms with Crippen LogP contribution in [0.25, 0.3) is 0 Å². The van der Waals surface area contributed by atoms with E-state index >= 15 is 0 Å². The molecule has 0 radical (unpaired) electrons. The standard InChI is InChI=1S/C11H21NO/c1-8(9-6-7-9)12-10-4-3-5-11(10)13-2/h8-12H,3-7H2,1-2H3. The van der Waals surface area contributed by atoms with Gasteiger partial charge in [-0.05, 0) is 44.9 Å². The number of rotatable bonds is 4. The Morgan fingerprint density at radius 1 is 1.23 bits per heavy atom. The Balaban J connectivity index is 1.78. The van der Waals surface area contributed by atoms with E-state index in [9.17, 15) is 0 Å². The van der Waals surface area contributed by atoms with Crippen molar-refractivity contribution in [3.63, 3.8) is 0 Å². The zero-order chi connectivity index (χ0) is 9.26. The molecule has 2 fully saturated rings. The Bertz CT molecular complexity index is 167. The van der Waals surface area contributed by atoms with Crippen LogP contribution in [0.15, 0.2) is 0 Å². The third-order valence-corrected chi connectivity index (χ3v) is 3.56. The summed E-state index contributed by atoms with van der Waals surface area (Å²) in [6, 6.07) is 1.33. The van der Waals surface area contributed by atoms with Gasteiger partial charge < -0.3 is 10.1 Å². The molecule has 0 heterocycles. The quantitative estimate of drug-likeness (QED) is 0.719. The molecule has 0 aromatic carbocycles. The Morgan fingerprint density at radius 3 is 2.62 bits per heavy atom. The second-order valence-electron chi connectivity index (χ2n) is 4.60. The van der Waals surface area contributed by atoms with Crippen LogP contribution in [0.3, 0.4) is 0 Å². The van der Waals surface area contributed by atoms with Gasteiger partial charge in [0.2, 0.25) is 0 Å². The number of hydrogen-bond donors (Lipinski definition) is 1. The van der Waals surface area contributed by atoms with Crippen LogP contribution < -0.4 is 5.32 Å². The first kappa shape index (κ1) is 9.47.